The number of ether oxygens (including phenoxy) is 2. The first kappa shape index (κ1) is 27.1. The minimum Gasteiger partial charge on any atom is -0.394 e. The van der Waals surface area contributed by atoms with Crippen LogP contribution in [-0.2, 0) is 30.3 Å². The summed E-state index contributed by atoms with van der Waals surface area (Å²) in [5.41, 5.74) is 12.0. The van der Waals surface area contributed by atoms with Gasteiger partial charge in [0.2, 0.25) is 5.95 Å². The molecule has 0 bridgehead atoms. The van der Waals surface area contributed by atoms with E-state index in [1.165, 1.54) is 27.9 Å². The summed E-state index contributed by atoms with van der Waals surface area (Å²) in [7, 11) is 0. The van der Waals surface area contributed by atoms with Crippen LogP contribution >= 0.6 is 6.72 Å². The van der Waals surface area contributed by atoms with Crippen molar-refractivity contribution in [3.05, 3.63) is 34.9 Å². The van der Waals surface area contributed by atoms with Gasteiger partial charge in [0.15, 0.2) is 28.9 Å². The minimum absolute atomic E-state index is 0.0192. The van der Waals surface area contributed by atoms with Gasteiger partial charge in [-0.1, -0.05) is 0 Å². The highest BCUT2D eigenvalue weighted by molar-refractivity contribution is 8.07. The summed E-state index contributed by atoms with van der Waals surface area (Å²) in [6.45, 7) is -4.53. The van der Waals surface area contributed by atoms with Crippen molar-refractivity contribution >= 4 is 47.1 Å². The Bertz CT molecular complexity index is 1660. The molecule has 4 aromatic rings. The molecule has 0 spiro atoms. The standard InChI is InChI=1S/C20H25N10O8PS/c21-15-17-23-3-9(30(17)26-6-24-15)11-2-10(32)13(37-11)5-35-39(34,40)38-12-1-8(4-31)36-19(12)29-7-25-14-16(29)27-20(22)28-18(14)33/h3,6-8,10-13,19,31-32H,1-2,4-5H2,(H,34,40)(H2,21,24,26)(H3,22,27,28,33)/t8-,10-,11+,12+,13?,19?,39?/m0/s1. The quantitative estimate of drug-likeness (QED) is 0.127. The second-order valence-corrected chi connectivity index (χ2v) is 12.1. The number of anilines is 2. The number of nitrogens with zero attached hydrogens (tertiary/aromatic N) is 7. The zero-order valence-electron chi connectivity index (χ0n) is 20.5. The maximum absolute atomic E-state index is 12.2. The topological polar surface area (TPSA) is 256 Å². The summed E-state index contributed by atoms with van der Waals surface area (Å²) < 4.78 is 26.1. The number of aliphatic hydroxyl groups is 2. The highest BCUT2D eigenvalue weighted by Gasteiger charge is 2.42. The maximum atomic E-state index is 12.2. The van der Waals surface area contributed by atoms with Crippen molar-refractivity contribution in [1.29, 1.82) is 0 Å². The first-order valence-electron chi connectivity index (χ1n) is 12.1. The Labute approximate surface area is 229 Å². The number of aliphatic hydroxyl groups excluding tert-OH is 2. The number of aromatic nitrogens is 8. The lowest BCUT2D eigenvalue weighted by Gasteiger charge is -2.25. The van der Waals surface area contributed by atoms with E-state index in [4.69, 9.17) is 41.8 Å². The van der Waals surface area contributed by atoms with Gasteiger partial charge in [0.1, 0.15) is 24.6 Å². The molecule has 18 nitrogen and oxygen atoms in total. The Balaban J connectivity index is 1.15. The third-order valence-corrected chi connectivity index (χ3v) is 8.24. The fourth-order valence-corrected chi connectivity index (χ4v) is 6.26. The second-order valence-electron chi connectivity index (χ2n) is 9.28. The summed E-state index contributed by atoms with van der Waals surface area (Å²) in [5.74, 6) is 0.0717. The number of nitrogens with two attached hydrogens (primary N) is 2. The Morgan fingerprint density at radius 3 is 2.85 bits per heavy atom. The number of H-pyrrole nitrogens is 1. The highest BCUT2D eigenvalue weighted by Crippen LogP contribution is 2.50. The van der Waals surface area contributed by atoms with E-state index in [0.717, 1.165) is 0 Å². The fraction of sp³-hybridized carbons (Fsp3) is 0.500. The number of hydrogen-bond donors (Lipinski definition) is 6. The number of imidazole rings is 2. The van der Waals surface area contributed by atoms with E-state index in [-0.39, 0.29) is 49.0 Å². The van der Waals surface area contributed by atoms with Gasteiger partial charge in [-0.05, 0) is 11.8 Å². The molecular weight excluding hydrogens is 571 g/mol. The van der Waals surface area contributed by atoms with E-state index in [1.807, 2.05) is 0 Å². The third kappa shape index (κ3) is 4.95. The largest absolute Gasteiger partial charge is 0.394 e. The number of rotatable bonds is 8. The molecule has 3 unspecified atom stereocenters. The predicted molar refractivity (Wildman–Crippen MR) is 139 cm³/mol. The first-order chi connectivity index (χ1) is 19.1. The van der Waals surface area contributed by atoms with Crippen LogP contribution in [-0.4, -0.2) is 91.8 Å². The van der Waals surface area contributed by atoms with Crippen LogP contribution in [0.1, 0.15) is 30.9 Å². The SMILES string of the molecule is Nc1nc2c(ncn2C2O[C@H](CO)C[C@H]2OP(O)(=S)OCC2O[C@@H](c3cnc4c(N)ncnn34)C[C@@H]2O)c(=O)[nH]1. The minimum atomic E-state index is -3.92. The monoisotopic (exact) mass is 596 g/mol. The van der Waals surface area contributed by atoms with E-state index in [0.29, 0.717) is 11.3 Å². The van der Waals surface area contributed by atoms with Crippen LogP contribution < -0.4 is 17.0 Å². The third-order valence-electron chi connectivity index (χ3n) is 6.66. The van der Waals surface area contributed by atoms with Gasteiger partial charge in [-0.25, -0.2) is 19.5 Å². The number of hydrogen-bond acceptors (Lipinski definition) is 15. The Morgan fingerprint density at radius 2 is 2.05 bits per heavy atom. The maximum Gasteiger partial charge on any atom is 0.325 e. The second kappa shape index (κ2) is 10.4. The molecule has 0 amide bonds. The molecule has 8 N–H and O–H groups in total. The molecule has 2 fully saturated rings. The summed E-state index contributed by atoms with van der Waals surface area (Å²) in [6, 6.07) is 0. The Morgan fingerprint density at radius 1 is 1.23 bits per heavy atom. The van der Waals surface area contributed by atoms with Crippen LogP contribution in [0.3, 0.4) is 0 Å². The molecule has 40 heavy (non-hydrogen) atoms. The van der Waals surface area contributed by atoms with Gasteiger partial charge >= 0.3 is 6.72 Å². The van der Waals surface area contributed by atoms with Gasteiger partial charge in [-0.3, -0.25) is 14.3 Å². The van der Waals surface area contributed by atoms with Crippen LogP contribution in [0.25, 0.3) is 16.8 Å². The van der Waals surface area contributed by atoms with Crippen molar-refractivity contribution in [2.45, 2.75) is 49.6 Å². The summed E-state index contributed by atoms with van der Waals surface area (Å²) in [5, 5.41) is 24.4. The molecule has 2 aliphatic heterocycles. The molecule has 0 saturated carbocycles. The van der Waals surface area contributed by atoms with Crippen molar-refractivity contribution in [1.82, 2.24) is 39.1 Å². The molecule has 7 atom stereocenters. The van der Waals surface area contributed by atoms with Gasteiger partial charge in [0.25, 0.3) is 5.56 Å². The van der Waals surface area contributed by atoms with Crippen LogP contribution in [0.2, 0.25) is 0 Å². The summed E-state index contributed by atoms with van der Waals surface area (Å²) in [4.78, 5) is 41.7. The normalized spacial score (nSPS) is 28.5. The van der Waals surface area contributed by atoms with Gasteiger partial charge in [-0.2, -0.15) is 10.1 Å². The average Bonchev–Trinajstić information content (AvgIpc) is 3.68. The van der Waals surface area contributed by atoms with E-state index >= 15 is 0 Å². The van der Waals surface area contributed by atoms with Crippen LogP contribution in [0.15, 0.2) is 23.6 Å². The molecule has 2 aliphatic rings. The zero-order chi connectivity index (χ0) is 28.2. The highest BCUT2D eigenvalue weighted by atomic mass is 32.5. The van der Waals surface area contributed by atoms with Crippen molar-refractivity contribution in [3.63, 3.8) is 0 Å². The number of nitrogen functional groups attached to an aromatic ring is 2. The molecule has 6 rings (SSSR count). The van der Waals surface area contributed by atoms with Crippen LogP contribution in [0.5, 0.6) is 0 Å². The lowest BCUT2D eigenvalue weighted by Crippen LogP contribution is -2.27. The van der Waals surface area contributed by atoms with E-state index in [2.05, 4.69) is 30.0 Å². The lowest BCUT2D eigenvalue weighted by atomic mass is 10.1. The lowest BCUT2D eigenvalue weighted by molar-refractivity contribution is -0.0503. The fourth-order valence-electron chi connectivity index (χ4n) is 4.81. The molecular formula is C20H25N10O8PS. The zero-order valence-corrected chi connectivity index (χ0v) is 22.3. The van der Waals surface area contributed by atoms with Crippen molar-refractivity contribution in [2.75, 3.05) is 24.7 Å². The molecule has 0 aromatic carbocycles. The molecule has 2 saturated heterocycles. The molecule has 4 aromatic heterocycles. The van der Waals surface area contributed by atoms with E-state index in [9.17, 15) is 19.9 Å². The van der Waals surface area contributed by atoms with Crippen molar-refractivity contribution < 1.29 is 33.6 Å². The van der Waals surface area contributed by atoms with Gasteiger partial charge in [0, 0.05) is 12.8 Å². The summed E-state index contributed by atoms with van der Waals surface area (Å²) in [6.07, 6.45) is -0.406. The van der Waals surface area contributed by atoms with Gasteiger partial charge < -0.3 is 45.1 Å². The number of fused-ring (bicyclic) bond motifs is 2. The Hall–Kier alpha value is -3.13. The van der Waals surface area contributed by atoms with Crippen LogP contribution in [0.4, 0.5) is 11.8 Å². The molecule has 20 heteroatoms. The first-order valence-corrected chi connectivity index (χ1v) is 14.6. The van der Waals surface area contributed by atoms with Crippen molar-refractivity contribution in [2.24, 2.45) is 0 Å². The number of aromatic amines is 1. The van der Waals surface area contributed by atoms with Gasteiger partial charge in [0.05, 0.1) is 43.6 Å². The molecule has 214 valence electrons. The smallest absolute Gasteiger partial charge is 0.325 e. The van der Waals surface area contributed by atoms with Crippen LogP contribution in [0, 0.1) is 0 Å². The average molecular weight is 597 g/mol. The molecule has 0 aliphatic carbocycles. The van der Waals surface area contributed by atoms with E-state index in [1.54, 1.807) is 0 Å². The van der Waals surface area contributed by atoms with E-state index < -0.39 is 49.0 Å². The molecule has 0 radical (unpaired) electrons. The predicted octanol–water partition coefficient (Wildman–Crippen LogP) is -1.49. The van der Waals surface area contributed by atoms with Crippen molar-refractivity contribution in [3.8, 4) is 0 Å². The number of nitrogens with one attached hydrogen (secondary N) is 1. The summed E-state index contributed by atoms with van der Waals surface area (Å²) >= 11 is 5.24. The Kier molecular flexibility index (Phi) is 7.01. The molecule has 6 heterocycles. The van der Waals surface area contributed by atoms with Gasteiger partial charge in [-0.15, -0.1) is 0 Å².